The topological polar surface area (TPSA) is 107 Å². The molecule has 5 N–H and O–H groups in total. The number of allylic oxidation sites excluding steroid dienone is 2. The highest BCUT2D eigenvalue weighted by Crippen LogP contribution is 2.04. The first-order valence-electron chi connectivity index (χ1n) is 3.34. The smallest absolute Gasteiger partial charge is 0.282 e. The largest absolute Gasteiger partial charge is 0.385 e. The van der Waals surface area contributed by atoms with E-state index in [-0.39, 0.29) is 11.5 Å². The van der Waals surface area contributed by atoms with Crippen molar-refractivity contribution in [1.29, 1.82) is 0 Å². The number of hydrogen-bond donors (Lipinski definition) is 3. The van der Waals surface area contributed by atoms with E-state index in [2.05, 4.69) is 0 Å². The first kappa shape index (κ1) is 6.17. The van der Waals surface area contributed by atoms with Crippen molar-refractivity contribution in [2.75, 3.05) is 0 Å². The van der Waals surface area contributed by atoms with Gasteiger partial charge in [-0.1, -0.05) is 0 Å². The Morgan fingerprint density at radius 1 is 1.82 bits per heavy atom. The van der Waals surface area contributed by atoms with Crippen LogP contribution in [0.1, 0.15) is 0 Å². The van der Waals surface area contributed by atoms with Gasteiger partial charge in [0.1, 0.15) is 0 Å². The molecule has 1 atom stereocenters. The van der Waals surface area contributed by atoms with E-state index in [0.717, 1.165) is 0 Å². The third-order valence-corrected chi connectivity index (χ3v) is 1.23. The van der Waals surface area contributed by atoms with Crippen molar-refractivity contribution in [3.8, 4) is 0 Å². The van der Waals surface area contributed by atoms with Crippen LogP contribution in [-0.4, -0.2) is 11.1 Å². The van der Waals surface area contributed by atoms with Gasteiger partial charge in [0.25, 0.3) is 5.70 Å². The van der Waals surface area contributed by atoms with E-state index in [1.54, 1.807) is 0 Å². The first-order valence-corrected chi connectivity index (χ1v) is 2.89. The van der Waals surface area contributed by atoms with Gasteiger partial charge < -0.3 is 16.8 Å². The molecule has 0 fully saturated rings. The van der Waals surface area contributed by atoms with Crippen molar-refractivity contribution in [3.05, 3.63) is 33.8 Å². The Kier molecular flexibility index (Phi) is 1.45. The van der Waals surface area contributed by atoms with Crippen molar-refractivity contribution in [1.82, 2.24) is 5.31 Å². The molecule has 0 aromatic carbocycles. The third-order valence-electron chi connectivity index (χ3n) is 1.23. The van der Waals surface area contributed by atoms with Crippen LogP contribution in [0.4, 0.5) is 0 Å². The van der Waals surface area contributed by atoms with Gasteiger partial charge in [0.2, 0.25) is 0 Å². The van der Waals surface area contributed by atoms with Gasteiger partial charge in [-0.15, -0.1) is 0 Å². The zero-order valence-corrected chi connectivity index (χ0v) is 5.60. The standard InChI is InChI=1S/C5H8N4O2/c6-4-2-1-3(9(10)11)5(7)8-4/h1-2,5,8H,6-7H2/i/hD. The van der Waals surface area contributed by atoms with Crippen molar-refractivity contribution in [3.63, 3.8) is 0 Å². The van der Waals surface area contributed by atoms with Crippen LogP contribution >= 0.6 is 0 Å². The van der Waals surface area contributed by atoms with Gasteiger partial charge in [-0.2, -0.15) is 0 Å². The van der Waals surface area contributed by atoms with Gasteiger partial charge in [0.15, 0.2) is 7.58 Å². The molecule has 0 spiro atoms. The van der Waals surface area contributed by atoms with Gasteiger partial charge in [-0.05, 0) is 6.08 Å². The maximum Gasteiger partial charge on any atom is 0.282 e. The fraction of sp³-hybridized carbons (Fsp3) is 0.200. The average Bonchev–Trinajstić information content (AvgIpc) is 2.00. The molecule has 1 unspecified atom stereocenters. The monoisotopic (exact) mass is 157 g/mol. The number of nitrogens with zero attached hydrogens (tertiary/aromatic N) is 1. The van der Waals surface area contributed by atoms with E-state index in [4.69, 9.17) is 12.9 Å². The highest BCUT2D eigenvalue weighted by molar-refractivity contribution is 5.20. The first-order chi connectivity index (χ1) is 5.54. The molecule has 11 heavy (non-hydrogen) atoms. The molecule has 1 heterocycles. The lowest BCUT2D eigenvalue weighted by Crippen LogP contribution is -2.44. The fourth-order valence-corrected chi connectivity index (χ4v) is 0.708. The van der Waals surface area contributed by atoms with Crippen LogP contribution in [0, 0.1) is 10.1 Å². The Labute approximate surface area is 64.2 Å². The van der Waals surface area contributed by atoms with E-state index >= 15 is 0 Å². The summed E-state index contributed by atoms with van der Waals surface area (Å²) in [4.78, 5) is 9.66. The summed E-state index contributed by atoms with van der Waals surface area (Å²) in [5.41, 5.74) is 10.4. The number of nitrogens with one attached hydrogen (secondary N) is 1. The van der Waals surface area contributed by atoms with Crippen LogP contribution in [0.15, 0.2) is 23.7 Å². The Morgan fingerprint density at radius 3 is 3.00 bits per heavy atom. The van der Waals surface area contributed by atoms with Crippen molar-refractivity contribution in [2.45, 2.75) is 6.17 Å². The summed E-state index contributed by atoms with van der Waals surface area (Å²) in [7, 11) is 0. The van der Waals surface area contributed by atoms with E-state index in [0.29, 0.717) is 5.31 Å². The molecular formula is C5H8N4O2. The minimum Gasteiger partial charge on any atom is -0.385 e. The molecular weight excluding hydrogens is 148 g/mol. The number of dihydropyridines is 1. The van der Waals surface area contributed by atoms with Crippen LogP contribution in [0.3, 0.4) is 0 Å². The molecule has 6 nitrogen and oxygen atoms in total. The van der Waals surface area contributed by atoms with Crippen molar-refractivity contribution in [2.24, 2.45) is 11.5 Å². The maximum absolute atomic E-state index is 10.3. The van der Waals surface area contributed by atoms with Gasteiger partial charge >= 0.3 is 0 Å². The Balaban J connectivity index is 2.97. The normalized spacial score (nSPS) is 25.4. The fourth-order valence-electron chi connectivity index (χ4n) is 0.708. The summed E-state index contributed by atoms with van der Waals surface area (Å²) < 4.78 is 7.18. The molecule has 1 rings (SSSR count). The second kappa shape index (κ2) is 2.59. The number of rotatable bonds is 1. The van der Waals surface area contributed by atoms with E-state index in [1.165, 1.54) is 12.2 Å². The van der Waals surface area contributed by atoms with Crippen molar-refractivity contribution < 1.29 is 6.34 Å². The zero-order chi connectivity index (χ0) is 9.30. The second-order valence-corrected chi connectivity index (χ2v) is 2.01. The molecule has 6 heteroatoms. The van der Waals surface area contributed by atoms with Crippen LogP contribution in [0.25, 0.3) is 0 Å². The summed E-state index contributed by atoms with van der Waals surface area (Å²) in [5, 5.41) is 11.0. The molecule has 0 radical (unpaired) electrons. The summed E-state index contributed by atoms with van der Waals surface area (Å²) in [6.45, 7) is 0. The molecule has 0 bridgehead atoms. The van der Waals surface area contributed by atoms with E-state index in [9.17, 15) is 10.1 Å². The molecule has 0 saturated carbocycles. The predicted molar refractivity (Wildman–Crippen MR) is 38.5 cm³/mol. The van der Waals surface area contributed by atoms with Gasteiger partial charge in [-0.25, -0.2) is 0 Å². The summed E-state index contributed by atoms with van der Waals surface area (Å²) >= 11 is 0. The molecule has 1 aliphatic heterocycles. The Bertz CT molecular complexity index is 275. The number of nitro groups is 1. The lowest BCUT2D eigenvalue weighted by molar-refractivity contribution is -0.430. The van der Waals surface area contributed by atoms with Gasteiger partial charge in [0.05, 0.1) is 10.7 Å². The lowest BCUT2D eigenvalue weighted by atomic mass is 10.2. The van der Waals surface area contributed by atoms with Crippen molar-refractivity contribution >= 4 is 0 Å². The quantitative estimate of drug-likeness (QED) is 0.328. The molecule has 1 aliphatic rings. The maximum atomic E-state index is 10.3. The zero-order valence-electron chi connectivity index (χ0n) is 6.60. The second-order valence-electron chi connectivity index (χ2n) is 2.01. The summed E-state index contributed by atoms with van der Waals surface area (Å²) in [6, 6.07) is 0. The average molecular weight is 157 g/mol. The van der Waals surface area contributed by atoms with Crippen LogP contribution in [0.5, 0.6) is 0 Å². The lowest BCUT2D eigenvalue weighted by Gasteiger charge is -2.15. The van der Waals surface area contributed by atoms with Crippen LogP contribution < -0.4 is 16.8 Å². The number of nitrogens with two attached hydrogens (primary N) is 2. The highest BCUT2D eigenvalue weighted by Gasteiger charge is 2.22. The summed E-state index contributed by atoms with van der Waals surface area (Å²) in [5.74, 6) is 0.0908. The predicted octanol–water partition coefficient (Wildman–Crippen LogP) is -1.16. The van der Waals surface area contributed by atoms with Gasteiger partial charge in [-0.3, -0.25) is 10.1 Å². The molecule has 0 aromatic rings. The Morgan fingerprint density at radius 2 is 2.45 bits per heavy atom. The highest BCUT2D eigenvalue weighted by atomic mass is 16.6. The molecule has 0 aliphatic carbocycles. The molecule has 60 valence electrons. The van der Waals surface area contributed by atoms with E-state index in [1.807, 2.05) is 0 Å². The van der Waals surface area contributed by atoms with E-state index < -0.39 is 11.1 Å². The SMILES string of the molecule is [2H]N1C(N)=CC=C([N+](=O)[O-])C1N. The van der Waals surface area contributed by atoms with Gasteiger partial charge in [0, 0.05) is 6.08 Å². The molecule has 0 aromatic heterocycles. The minimum atomic E-state index is -1.09. The van der Waals surface area contributed by atoms with Crippen LogP contribution in [0.2, 0.25) is 1.41 Å². The van der Waals surface area contributed by atoms with Crippen LogP contribution in [-0.2, 0) is 0 Å². The summed E-state index contributed by atoms with van der Waals surface area (Å²) in [6.07, 6.45) is 1.38. The number of hydrogen-bond acceptors (Lipinski definition) is 5. The molecule has 0 saturated heterocycles. The third kappa shape index (κ3) is 1.47. The minimum absolute atomic E-state index is 0.0908. The molecule has 0 amide bonds. The Hall–Kier alpha value is -1.56.